The third kappa shape index (κ3) is 2.70. The molecule has 2 atom stereocenters. The Morgan fingerprint density at radius 3 is 2.50 bits per heavy atom. The van der Waals surface area contributed by atoms with Crippen molar-refractivity contribution in [2.24, 2.45) is 5.92 Å². The van der Waals surface area contributed by atoms with Crippen LogP contribution in [0.1, 0.15) is 20.3 Å². The van der Waals surface area contributed by atoms with Gasteiger partial charge in [0.1, 0.15) is 5.78 Å². The summed E-state index contributed by atoms with van der Waals surface area (Å²) in [6.45, 7) is 2.68. The SMILES string of the molecule is CC1C(=O)CCN(CC(F)(F)F)C1C. The number of likely N-dealkylation sites (tertiary alicyclic amines) is 1. The number of carbonyl (C=O) groups excluding carboxylic acids is 1. The lowest BCUT2D eigenvalue weighted by atomic mass is 9.91. The Morgan fingerprint density at radius 2 is 2.00 bits per heavy atom. The molecule has 2 nitrogen and oxygen atoms in total. The number of piperidine rings is 1. The maximum Gasteiger partial charge on any atom is 0.401 e. The molecule has 0 aliphatic carbocycles. The summed E-state index contributed by atoms with van der Waals surface area (Å²) >= 11 is 0. The quantitative estimate of drug-likeness (QED) is 0.656. The van der Waals surface area contributed by atoms with Gasteiger partial charge in [0, 0.05) is 24.9 Å². The van der Waals surface area contributed by atoms with Crippen molar-refractivity contribution in [1.82, 2.24) is 4.90 Å². The number of Topliss-reactive ketones (excluding diaryl/α,β-unsaturated/α-hetero) is 1. The summed E-state index contributed by atoms with van der Waals surface area (Å²) in [5.41, 5.74) is 0. The van der Waals surface area contributed by atoms with Crippen LogP contribution in [0.3, 0.4) is 0 Å². The first kappa shape index (κ1) is 11.5. The molecule has 1 saturated heterocycles. The standard InChI is InChI=1S/C9H14F3NO/c1-6-7(2)13(4-3-8(6)14)5-9(10,11)12/h6-7H,3-5H2,1-2H3. The maximum absolute atomic E-state index is 12.1. The fourth-order valence-electron chi connectivity index (χ4n) is 1.72. The normalized spacial score (nSPS) is 30.8. The van der Waals surface area contributed by atoms with E-state index in [0.717, 1.165) is 0 Å². The lowest BCUT2D eigenvalue weighted by molar-refractivity contribution is -0.159. The Hall–Kier alpha value is -0.580. The van der Waals surface area contributed by atoms with Crippen molar-refractivity contribution in [3.8, 4) is 0 Å². The van der Waals surface area contributed by atoms with Crippen LogP contribution in [0, 0.1) is 5.92 Å². The van der Waals surface area contributed by atoms with Gasteiger partial charge in [-0.1, -0.05) is 6.92 Å². The molecule has 1 aliphatic heterocycles. The largest absolute Gasteiger partial charge is 0.401 e. The van der Waals surface area contributed by atoms with Gasteiger partial charge < -0.3 is 0 Å². The molecule has 0 radical (unpaired) electrons. The molecule has 0 spiro atoms. The molecule has 0 N–H and O–H groups in total. The highest BCUT2D eigenvalue weighted by Gasteiger charge is 2.37. The first-order valence-electron chi connectivity index (χ1n) is 4.65. The van der Waals surface area contributed by atoms with Crippen LogP contribution in [-0.4, -0.2) is 36.0 Å². The van der Waals surface area contributed by atoms with Crippen molar-refractivity contribution in [3.05, 3.63) is 0 Å². The van der Waals surface area contributed by atoms with Crippen molar-refractivity contribution in [2.75, 3.05) is 13.1 Å². The number of halogens is 3. The summed E-state index contributed by atoms with van der Waals surface area (Å²) in [5, 5.41) is 0. The predicted octanol–water partition coefficient (Wildman–Crippen LogP) is 1.85. The third-order valence-electron chi connectivity index (χ3n) is 2.84. The average molecular weight is 209 g/mol. The van der Waals surface area contributed by atoms with Crippen LogP contribution < -0.4 is 0 Å². The first-order chi connectivity index (χ1) is 6.31. The van der Waals surface area contributed by atoms with E-state index in [0.29, 0.717) is 0 Å². The number of rotatable bonds is 1. The van der Waals surface area contributed by atoms with Crippen molar-refractivity contribution < 1.29 is 18.0 Å². The van der Waals surface area contributed by atoms with Gasteiger partial charge in [-0.2, -0.15) is 13.2 Å². The van der Waals surface area contributed by atoms with E-state index in [1.165, 1.54) is 4.90 Å². The predicted molar refractivity (Wildman–Crippen MR) is 45.9 cm³/mol. The van der Waals surface area contributed by atoms with E-state index in [2.05, 4.69) is 0 Å². The van der Waals surface area contributed by atoms with Crippen LogP contribution in [-0.2, 0) is 4.79 Å². The zero-order valence-corrected chi connectivity index (χ0v) is 8.27. The van der Waals surface area contributed by atoms with Gasteiger partial charge in [0.05, 0.1) is 6.54 Å². The lowest BCUT2D eigenvalue weighted by Crippen LogP contribution is -2.50. The topological polar surface area (TPSA) is 20.3 Å². The second-order valence-corrected chi connectivity index (χ2v) is 3.83. The Bertz CT molecular complexity index is 227. The van der Waals surface area contributed by atoms with E-state index in [4.69, 9.17) is 0 Å². The molecule has 0 bridgehead atoms. The molecule has 1 heterocycles. The van der Waals surface area contributed by atoms with E-state index < -0.39 is 12.7 Å². The summed E-state index contributed by atoms with van der Waals surface area (Å²) in [6.07, 6.45) is -3.93. The van der Waals surface area contributed by atoms with Gasteiger partial charge in [0.15, 0.2) is 0 Å². The minimum Gasteiger partial charge on any atom is -0.299 e. The van der Waals surface area contributed by atoms with Crippen LogP contribution in [0.5, 0.6) is 0 Å². The van der Waals surface area contributed by atoms with Crippen LogP contribution in [0.15, 0.2) is 0 Å². The molecular weight excluding hydrogens is 195 g/mol. The molecule has 2 unspecified atom stereocenters. The zero-order chi connectivity index (χ0) is 10.9. The molecule has 0 aromatic carbocycles. The van der Waals surface area contributed by atoms with Crippen LogP contribution >= 0.6 is 0 Å². The van der Waals surface area contributed by atoms with E-state index in [1.807, 2.05) is 0 Å². The van der Waals surface area contributed by atoms with E-state index in [-0.39, 0.29) is 30.7 Å². The number of ketones is 1. The molecule has 0 aromatic heterocycles. The van der Waals surface area contributed by atoms with E-state index >= 15 is 0 Å². The Morgan fingerprint density at radius 1 is 1.43 bits per heavy atom. The van der Waals surface area contributed by atoms with Crippen molar-refractivity contribution in [2.45, 2.75) is 32.5 Å². The Kier molecular flexibility index (Phi) is 3.19. The zero-order valence-electron chi connectivity index (χ0n) is 8.27. The van der Waals surface area contributed by atoms with Gasteiger partial charge in [-0.3, -0.25) is 9.69 Å². The summed E-state index contributed by atoms with van der Waals surface area (Å²) in [5.74, 6) is -0.220. The highest BCUT2D eigenvalue weighted by molar-refractivity contribution is 5.82. The molecule has 1 fully saturated rings. The summed E-state index contributed by atoms with van der Waals surface area (Å²) in [7, 11) is 0. The summed E-state index contributed by atoms with van der Waals surface area (Å²) in [6, 6.07) is -0.308. The molecule has 0 aromatic rings. The second-order valence-electron chi connectivity index (χ2n) is 3.83. The monoisotopic (exact) mass is 209 g/mol. The average Bonchev–Trinajstić information content (AvgIpc) is 2.04. The van der Waals surface area contributed by atoms with Crippen molar-refractivity contribution in [1.29, 1.82) is 0 Å². The number of hydrogen-bond acceptors (Lipinski definition) is 2. The number of hydrogen-bond donors (Lipinski definition) is 0. The number of carbonyl (C=O) groups is 1. The fraction of sp³-hybridized carbons (Fsp3) is 0.889. The van der Waals surface area contributed by atoms with E-state index in [1.54, 1.807) is 13.8 Å². The summed E-state index contributed by atoms with van der Waals surface area (Å²) in [4.78, 5) is 12.5. The highest BCUT2D eigenvalue weighted by Crippen LogP contribution is 2.24. The van der Waals surface area contributed by atoms with Gasteiger partial charge >= 0.3 is 6.18 Å². The van der Waals surface area contributed by atoms with Crippen molar-refractivity contribution in [3.63, 3.8) is 0 Å². The van der Waals surface area contributed by atoms with Gasteiger partial charge in [-0.25, -0.2) is 0 Å². The lowest BCUT2D eigenvalue weighted by Gasteiger charge is -2.37. The minimum atomic E-state index is -4.17. The van der Waals surface area contributed by atoms with Gasteiger partial charge in [0.25, 0.3) is 0 Å². The third-order valence-corrected chi connectivity index (χ3v) is 2.84. The second kappa shape index (κ2) is 3.88. The molecule has 0 saturated carbocycles. The molecule has 1 aliphatic rings. The molecule has 14 heavy (non-hydrogen) atoms. The fourth-order valence-corrected chi connectivity index (χ4v) is 1.72. The highest BCUT2D eigenvalue weighted by atomic mass is 19.4. The van der Waals surface area contributed by atoms with Crippen LogP contribution in [0.4, 0.5) is 13.2 Å². The molecular formula is C9H14F3NO. The first-order valence-corrected chi connectivity index (χ1v) is 4.65. The van der Waals surface area contributed by atoms with E-state index in [9.17, 15) is 18.0 Å². The molecule has 0 amide bonds. The van der Waals surface area contributed by atoms with Gasteiger partial charge in [0.2, 0.25) is 0 Å². The smallest absolute Gasteiger partial charge is 0.299 e. The number of alkyl halides is 3. The number of nitrogens with zero attached hydrogens (tertiary/aromatic N) is 1. The minimum absolute atomic E-state index is 0.0657. The molecule has 5 heteroatoms. The van der Waals surface area contributed by atoms with Crippen LogP contribution in [0.25, 0.3) is 0 Å². The van der Waals surface area contributed by atoms with Gasteiger partial charge in [-0.15, -0.1) is 0 Å². The summed E-state index contributed by atoms with van der Waals surface area (Å²) < 4.78 is 36.3. The maximum atomic E-state index is 12.1. The Labute approximate surface area is 81.1 Å². The van der Waals surface area contributed by atoms with Crippen molar-refractivity contribution >= 4 is 5.78 Å². The van der Waals surface area contributed by atoms with Crippen LogP contribution in [0.2, 0.25) is 0 Å². The molecule has 1 rings (SSSR count). The Balaban J connectivity index is 2.60. The van der Waals surface area contributed by atoms with Gasteiger partial charge in [-0.05, 0) is 6.92 Å². The molecule has 82 valence electrons.